The first-order valence-corrected chi connectivity index (χ1v) is 2.42. The van der Waals surface area contributed by atoms with Crippen molar-refractivity contribution in [3.8, 4) is 0 Å². The Kier molecular flexibility index (Phi) is 0.302. The molecule has 1 aliphatic heterocycles. The van der Waals surface area contributed by atoms with Crippen LogP contribution in [0, 0.1) is 0 Å². The first kappa shape index (κ1) is 3.44. The summed E-state index contributed by atoms with van der Waals surface area (Å²) in [5, 5.41) is 18.6. The molecule has 0 spiro atoms. The monoisotopic (exact) mass is 120 g/mol. The van der Waals surface area contributed by atoms with Gasteiger partial charge in [0.2, 0.25) is 11.5 Å². The van der Waals surface area contributed by atoms with Crippen LogP contribution in [0.4, 0.5) is 11.5 Å². The number of nitrogens with zero attached hydrogens (tertiary/aromatic N) is 6. The van der Waals surface area contributed by atoms with Gasteiger partial charge >= 0.3 is 0 Å². The van der Waals surface area contributed by atoms with Crippen LogP contribution in [0.1, 0.15) is 0 Å². The normalized spacial score (nSPS) is 14.2. The van der Waals surface area contributed by atoms with Gasteiger partial charge in [-0.05, 0) is 5.21 Å². The third-order valence-corrected chi connectivity index (χ3v) is 1.27. The van der Waals surface area contributed by atoms with Gasteiger partial charge in [-0.25, -0.2) is 0 Å². The molecule has 2 aromatic heterocycles. The molecule has 3 heterocycles. The zero-order chi connectivity index (χ0) is 5.84. The highest BCUT2D eigenvalue weighted by Crippen LogP contribution is 2.39. The molecule has 0 atom stereocenters. The molecule has 0 aliphatic carbocycles. The Morgan fingerprint density at radius 1 is 1.22 bits per heavy atom. The van der Waals surface area contributed by atoms with E-state index in [1.807, 2.05) is 0 Å². The molecular weight excluding hydrogens is 120 g/mol. The molecule has 42 valence electrons. The first-order chi connectivity index (χ1) is 4.45. The smallest absolute Gasteiger partial charge is 0.140 e. The van der Waals surface area contributed by atoms with Gasteiger partial charge in [-0.1, -0.05) is 0 Å². The number of hydrogen-bond donors (Lipinski definition) is 0. The van der Waals surface area contributed by atoms with Gasteiger partial charge in [0.25, 0.3) is 0 Å². The zero-order valence-corrected chi connectivity index (χ0v) is 4.18. The van der Waals surface area contributed by atoms with E-state index in [1.165, 1.54) is 4.63 Å². The number of fused-ring (bicyclic) bond motifs is 5. The van der Waals surface area contributed by atoms with Crippen molar-refractivity contribution in [1.29, 1.82) is 0 Å². The molecule has 0 aromatic carbocycles. The van der Waals surface area contributed by atoms with Crippen molar-refractivity contribution in [1.82, 2.24) is 20.0 Å². The summed E-state index contributed by atoms with van der Waals surface area (Å²) in [6, 6.07) is 0. The quantitative estimate of drug-likeness (QED) is 0.428. The van der Waals surface area contributed by atoms with E-state index in [2.05, 4.69) is 25.6 Å². The van der Waals surface area contributed by atoms with E-state index in [1.54, 1.807) is 0 Å². The molecule has 0 fully saturated rings. The van der Waals surface area contributed by atoms with E-state index >= 15 is 0 Å². The Morgan fingerprint density at radius 3 is 2.67 bits per heavy atom. The fourth-order valence-electron chi connectivity index (χ4n) is 0.823. The van der Waals surface area contributed by atoms with Crippen LogP contribution < -0.4 is 0 Å². The minimum absolute atomic E-state index is 0.583. The van der Waals surface area contributed by atoms with Gasteiger partial charge in [0.15, 0.2) is 5.69 Å². The molecular formula is C3N6. The predicted octanol–water partition coefficient (Wildman–Crippen LogP) is 0.291. The predicted molar refractivity (Wildman–Crippen MR) is 26.1 cm³/mol. The molecule has 0 unspecified atom stereocenters. The largest absolute Gasteiger partial charge is 0.229 e. The summed E-state index contributed by atoms with van der Waals surface area (Å²) in [6.07, 6.45) is 0. The van der Waals surface area contributed by atoms with Crippen LogP contribution in [-0.4, -0.2) is 20.0 Å². The molecule has 1 aliphatic rings. The van der Waals surface area contributed by atoms with Crippen LogP contribution in [0.3, 0.4) is 0 Å². The van der Waals surface area contributed by atoms with E-state index in [0.29, 0.717) is 5.65 Å². The zero-order valence-electron chi connectivity index (χ0n) is 4.18. The fourth-order valence-corrected chi connectivity index (χ4v) is 0.823. The van der Waals surface area contributed by atoms with Crippen LogP contribution >= 0.6 is 0 Å². The van der Waals surface area contributed by atoms with E-state index in [-0.39, 0.29) is 0 Å². The van der Waals surface area contributed by atoms with Crippen LogP contribution in [0.5, 0.6) is 0 Å². The summed E-state index contributed by atoms with van der Waals surface area (Å²) in [7, 11) is 0. The van der Waals surface area contributed by atoms with Crippen molar-refractivity contribution in [2.75, 3.05) is 0 Å². The summed E-state index contributed by atoms with van der Waals surface area (Å²) in [5.41, 5.74) is 1.35. The Labute approximate surface area is 48.5 Å². The molecule has 2 bridgehead atoms. The van der Waals surface area contributed by atoms with Crippen LogP contribution in [0.2, 0.25) is 0 Å². The Bertz CT molecular complexity index is 350. The van der Waals surface area contributed by atoms with Gasteiger partial charge in [-0.15, -0.1) is 25.1 Å². The second kappa shape index (κ2) is 0.790. The maximum atomic E-state index is 3.88. The van der Waals surface area contributed by atoms with Crippen molar-refractivity contribution < 1.29 is 0 Å². The van der Waals surface area contributed by atoms with E-state index in [4.69, 9.17) is 0 Å². The van der Waals surface area contributed by atoms with E-state index < -0.39 is 0 Å². The minimum atomic E-state index is 0.583. The van der Waals surface area contributed by atoms with E-state index in [0.717, 1.165) is 11.5 Å². The Hall–Kier alpha value is -1.59. The maximum Gasteiger partial charge on any atom is 0.229 e. The van der Waals surface area contributed by atoms with Crippen LogP contribution in [0.15, 0.2) is 10.2 Å². The Morgan fingerprint density at radius 2 is 2.22 bits per heavy atom. The average molecular weight is 120 g/mol. The van der Waals surface area contributed by atoms with Gasteiger partial charge in [-0.3, -0.25) is 0 Å². The molecule has 0 radical (unpaired) electrons. The fraction of sp³-hybridized carbons (Fsp3) is 0. The lowest BCUT2D eigenvalue weighted by atomic mass is 10.5. The van der Waals surface area contributed by atoms with Crippen LogP contribution in [0.25, 0.3) is 5.65 Å². The van der Waals surface area contributed by atoms with Gasteiger partial charge in [0.05, 0.1) is 0 Å². The molecule has 6 nitrogen and oxygen atoms in total. The topological polar surface area (TPSA) is 67.8 Å². The minimum Gasteiger partial charge on any atom is -0.140 e. The number of aromatic nitrogens is 4. The summed E-state index contributed by atoms with van der Waals surface area (Å²) >= 11 is 0. The average Bonchev–Trinajstić information content (AvgIpc) is 2.18. The molecule has 6 heteroatoms. The highest BCUT2D eigenvalue weighted by Gasteiger charge is 2.23. The lowest BCUT2D eigenvalue weighted by molar-refractivity contribution is 0.752. The molecule has 0 amide bonds. The lowest BCUT2D eigenvalue weighted by Crippen LogP contribution is -1.90. The highest BCUT2D eigenvalue weighted by molar-refractivity contribution is 5.77. The summed E-state index contributed by atoms with van der Waals surface area (Å²) in [6.45, 7) is 0. The number of rotatable bonds is 0. The highest BCUT2D eigenvalue weighted by atomic mass is 15.6. The number of hydrogen-bond acceptors (Lipinski definition) is 5. The van der Waals surface area contributed by atoms with E-state index in [9.17, 15) is 0 Å². The van der Waals surface area contributed by atoms with Gasteiger partial charge in [0.1, 0.15) is 0 Å². The third-order valence-electron chi connectivity index (χ3n) is 1.27. The summed E-state index contributed by atoms with van der Waals surface area (Å²) in [5.74, 6) is 0.722. The molecule has 0 N–H and O–H groups in total. The standard InChI is InChI=1S/C3N6/c4-1-2-5-8-9(7-2)3(1)6-4. The van der Waals surface area contributed by atoms with Gasteiger partial charge < -0.3 is 0 Å². The molecule has 0 saturated carbocycles. The number of tetrazole rings is 1. The van der Waals surface area contributed by atoms with Crippen molar-refractivity contribution >= 4 is 17.2 Å². The van der Waals surface area contributed by atoms with Crippen molar-refractivity contribution in [3.63, 3.8) is 0 Å². The molecule has 0 saturated heterocycles. The summed E-state index contributed by atoms with van der Waals surface area (Å²) in [4.78, 5) is 0. The van der Waals surface area contributed by atoms with Crippen molar-refractivity contribution in [2.45, 2.75) is 0 Å². The van der Waals surface area contributed by atoms with Crippen molar-refractivity contribution in [3.05, 3.63) is 0 Å². The second-order valence-electron chi connectivity index (χ2n) is 1.77. The SMILES string of the molecule is N1=Nc2c1c1nnn2n1. The first-order valence-electron chi connectivity index (χ1n) is 2.42. The Balaban J connectivity index is 2.73. The summed E-state index contributed by atoms with van der Waals surface area (Å²) < 4.78 is 1.37. The number of azo groups is 1. The molecule has 9 heavy (non-hydrogen) atoms. The second-order valence-corrected chi connectivity index (χ2v) is 1.77. The van der Waals surface area contributed by atoms with Crippen LogP contribution in [-0.2, 0) is 0 Å². The lowest BCUT2D eigenvalue weighted by Gasteiger charge is -1.97. The van der Waals surface area contributed by atoms with Gasteiger partial charge in [0, 0.05) is 0 Å². The molecule has 2 aromatic rings. The molecule has 3 rings (SSSR count). The van der Waals surface area contributed by atoms with Gasteiger partial charge in [-0.2, -0.15) is 0 Å². The maximum absolute atomic E-state index is 3.88. The third kappa shape index (κ3) is 0.209. The van der Waals surface area contributed by atoms with Crippen molar-refractivity contribution in [2.24, 2.45) is 10.2 Å².